The van der Waals surface area contributed by atoms with Gasteiger partial charge in [-0.15, -0.1) is 0 Å². The Morgan fingerprint density at radius 3 is 2.56 bits per heavy atom. The molecule has 0 heterocycles. The summed E-state index contributed by atoms with van der Waals surface area (Å²) >= 11 is 0. The van der Waals surface area contributed by atoms with E-state index in [-0.39, 0.29) is 5.92 Å². The standard InChI is InChI=1S/C14H29NO2S/c1-4-12(2)11-18(16,17)10-9-15-14-8-6-5-7-13(14)3/h12-15H,4-11H2,1-3H3. The molecule has 0 amide bonds. The highest BCUT2D eigenvalue weighted by atomic mass is 32.2. The lowest BCUT2D eigenvalue weighted by Crippen LogP contribution is -2.40. The van der Waals surface area contributed by atoms with Crippen molar-refractivity contribution in [3.63, 3.8) is 0 Å². The summed E-state index contributed by atoms with van der Waals surface area (Å²) in [6.45, 7) is 6.94. The molecule has 0 aromatic carbocycles. The maximum atomic E-state index is 11.9. The summed E-state index contributed by atoms with van der Waals surface area (Å²) in [5, 5.41) is 3.44. The highest BCUT2D eigenvalue weighted by Crippen LogP contribution is 2.23. The van der Waals surface area contributed by atoms with Gasteiger partial charge in [0, 0.05) is 12.6 Å². The highest BCUT2D eigenvalue weighted by molar-refractivity contribution is 7.91. The fraction of sp³-hybridized carbons (Fsp3) is 1.00. The zero-order valence-electron chi connectivity index (χ0n) is 12.1. The van der Waals surface area contributed by atoms with E-state index in [1.165, 1.54) is 25.7 Å². The molecule has 0 aromatic heterocycles. The molecule has 1 fully saturated rings. The van der Waals surface area contributed by atoms with Crippen molar-refractivity contribution < 1.29 is 8.42 Å². The van der Waals surface area contributed by atoms with E-state index in [0.29, 0.717) is 30.0 Å². The lowest BCUT2D eigenvalue weighted by molar-refractivity contribution is 0.285. The van der Waals surface area contributed by atoms with Gasteiger partial charge in [-0.2, -0.15) is 0 Å². The van der Waals surface area contributed by atoms with Crippen LogP contribution in [0.4, 0.5) is 0 Å². The Morgan fingerprint density at radius 1 is 1.28 bits per heavy atom. The summed E-state index contributed by atoms with van der Waals surface area (Å²) in [5.41, 5.74) is 0. The Morgan fingerprint density at radius 2 is 1.94 bits per heavy atom. The molecule has 1 aliphatic rings. The van der Waals surface area contributed by atoms with Gasteiger partial charge in [0.25, 0.3) is 0 Å². The van der Waals surface area contributed by atoms with Gasteiger partial charge < -0.3 is 5.32 Å². The molecule has 0 bridgehead atoms. The Hall–Kier alpha value is -0.0900. The Labute approximate surface area is 113 Å². The van der Waals surface area contributed by atoms with Crippen LogP contribution in [0.2, 0.25) is 0 Å². The SMILES string of the molecule is CCC(C)CS(=O)(=O)CCNC1CCCCC1C. The summed E-state index contributed by atoms with van der Waals surface area (Å²) in [5.74, 6) is 1.60. The third kappa shape index (κ3) is 5.70. The van der Waals surface area contributed by atoms with Crippen molar-refractivity contribution in [2.24, 2.45) is 11.8 Å². The predicted octanol–water partition coefficient (Wildman–Crippen LogP) is 2.62. The van der Waals surface area contributed by atoms with E-state index in [2.05, 4.69) is 12.2 Å². The number of hydrogen-bond acceptors (Lipinski definition) is 3. The van der Waals surface area contributed by atoms with Gasteiger partial charge in [-0.05, 0) is 24.7 Å². The van der Waals surface area contributed by atoms with Gasteiger partial charge in [0.15, 0.2) is 9.84 Å². The average molecular weight is 275 g/mol. The largest absolute Gasteiger partial charge is 0.313 e. The lowest BCUT2D eigenvalue weighted by atomic mass is 9.86. The van der Waals surface area contributed by atoms with Crippen LogP contribution in [0, 0.1) is 11.8 Å². The minimum absolute atomic E-state index is 0.281. The molecular formula is C14H29NO2S. The van der Waals surface area contributed by atoms with Gasteiger partial charge in [0.2, 0.25) is 0 Å². The van der Waals surface area contributed by atoms with E-state index in [9.17, 15) is 8.42 Å². The number of nitrogens with one attached hydrogen (secondary N) is 1. The third-order valence-electron chi connectivity index (χ3n) is 4.17. The average Bonchev–Trinajstić information content (AvgIpc) is 2.30. The molecule has 3 nitrogen and oxygen atoms in total. The molecule has 108 valence electrons. The van der Waals surface area contributed by atoms with Crippen molar-refractivity contribution in [1.82, 2.24) is 5.32 Å². The number of hydrogen-bond donors (Lipinski definition) is 1. The van der Waals surface area contributed by atoms with Crippen molar-refractivity contribution in [2.75, 3.05) is 18.1 Å². The van der Waals surface area contributed by atoms with E-state index in [4.69, 9.17) is 0 Å². The highest BCUT2D eigenvalue weighted by Gasteiger charge is 2.21. The van der Waals surface area contributed by atoms with Crippen LogP contribution in [-0.4, -0.2) is 32.5 Å². The van der Waals surface area contributed by atoms with Crippen molar-refractivity contribution in [1.29, 1.82) is 0 Å². The molecule has 0 radical (unpaired) electrons. The van der Waals surface area contributed by atoms with Gasteiger partial charge in [0.1, 0.15) is 0 Å². The van der Waals surface area contributed by atoms with Crippen LogP contribution in [0.5, 0.6) is 0 Å². The first-order chi connectivity index (χ1) is 8.44. The Balaban J connectivity index is 2.27. The van der Waals surface area contributed by atoms with E-state index < -0.39 is 9.84 Å². The third-order valence-corrected chi connectivity index (χ3v) is 6.07. The number of rotatable bonds is 7. The van der Waals surface area contributed by atoms with Gasteiger partial charge in [-0.1, -0.05) is 40.0 Å². The molecule has 1 N–H and O–H groups in total. The van der Waals surface area contributed by atoms with Gasteiger partial charge in [0.05, 0.1) is 11.5 Å². The zero-order valence-corrected chi connectivity index (χ0v) is 12.9. The summed E-state index contributed by atoms with van der Waals surface area (Å²) in [6.07, 6.45) is 6.02. The van der Waals surface area contributed by atoms with Crippen molar-refractivity contribution in [3.05, 3.63) is 0 Å². The molecular weight excluding hydrogens is 246 g/mol. The maximum Gasteiger partial charge on any atom is 0.151 e. The summed E-state index contributed by atoms with van der Waals surface area (Å²) in [7, 11) is -2.87. The van der Waals surface area contributed by atoms with Crippen LogP contribution in [0.1, 0.15) is 52.9 Å². The Bertz CT molecular complexity index is 327. The molecule has 0 spiro atoms. The smallest absolute Gasteiger partial charge is 0.151 e. The van der Waals surface area contributed by atoms with Crippen LogP contribution in [0.25, 0.3) is 0 Å². The zero-order chi connectivity index (χ0) is 13.6. The van der Waals surface area contributed by atoms with E-state index in [1.54, 1.807) is 0 Å². The molecule has 1 saturated carbocycles. The van der Waals surface area contributed by atoms with Crippen LogP contribution in [-0.2, 0) is 9.84 Å². The van der Waals surface area contributed by atoms with Crippen molar-refractivity contribution in [2.45, 2.75) is 58.9 Å². The molecule has 3 unspecified atom stereocenters. The monoisotopic (exact) mass is 275 g/mol. The fourth-order valence-electron chi connectivity index (χ4n) is 2.65. The van der Waals surface area contributed by atoms with Crippen LogP contribution < -0.4 is 5.32 Å². The van der Waals surface area contributed by atoms with Crippen molar-refractivity contribution in [3.8, 4) is 0 Å². The minimum Gasteiger partial charge on any atom is -0.313 e. The quantitative estimate of drug-likeness (QED) is 0.777. The molecule has 3 atom stereocenters. The van der Waals surface area contributed by atoms with Crippen LogP contribution >= 0.6 is 0 Å². The number of sulfone groups is 1. The molecule has 0 saturated heterocycles. The molecule has 0 aliphatic heterocycles. The predicted molar refractivity (Wildman–Crippen MR) is 77.5 cm³/mol. The molecule has 0 aromatic rings. The molecule has 1 aliphatic carbocycles. The second-order valence-electron chi connectivity index (χ2n) is 5.95. The van der Waals surface area contributed by atoms with E-state index >= 15 is 0 Å². The first-order valence-corrected chi connectivity index (χ1v) is 9.20. The van der Waals surface area contributed by atoms with Crippen molar-refractivity contribution >= 4 is 9.84 Å². The maximum absolute atomic E-state index is 11.9. The topological polar surface area (TPSA) is 46.2 Å². The van der Waals surface area contributed by atoms with Gasteiger partial charge in [-0.25, -0.2) is 8.42 Å². The molecule has 1 rings (SSSR count). The van der Waals surface area contributed by atoms with E-state index in [0.717, 1.165) is 6.42 Å². The molecule has 4 heteroatoms. The lowest BCUT2D eigenvalue weighted by Gasteiger charge is -2.29. The van der Waals surface area contributed by atoms with Crippen LogP contribution in [0.3, 0.4) is 0 Å². The summed E-state index contributed by atoms with van der Waals surface area (Å²) < 4.78 is 23.8. The Kier molecular flexibility index (Phi) is 6.64. The minimum atomic E-state index is -2.87. The normalized spacial score (nSPS) is 27.1. The molecule has 18 heavy (non-hydrogen) atoms. The fourth-order valence-corrected chi connectivity index (χ4v) is 4.35. The first kappa shape index (κ1) is 16.0. The summed E-state index contributed by atoms with van der Waals surface area (Å²) in [4.78, 5) is 0. The summed E-state index contributed by atoms with van der Waals surface area (Å²) in [6, 6.07) is 0.526. The second-order valence-corrected chi connectivity index (χ2v) is 8.18. The van der Waals surface area contributed by atoms with Gasteiger partial charge in [-0.3, -0.25) is 0 Å². The van der Waals surface area contributed by atoms with Gasteiger partial charge >= 0.3 is 0 Å². The second kappa shape index (κ2) is 7.49. The van der Waals surface area contributed by atoms with E-state index in [1.807, 2.05) is 13.8 Å². The first-order valence-electron chi connectivity index (χ1n) is 7.38. The van der Waals surface area contributed by atoms with Crippen LogP contribution in [0.15, 0.2) is 0 Å².